The summed E-state index contributed by atoms with van der Waals surface area (Å²) in [6.45, 7) is 10.7. The van der Waals surface area contributed by atoms with Crippen LogP contribution in [0.4, 0.5) is 13.2 Å². The normalized spacial score (nSPS) is 25.5. The number of allylic oxidation sites excluding steroid dienone is 3. The number of nitrogens with one attached hydrogen (secondary N) is 1. The number of halogens is 3. The Morgan fingerprint density at radius 3 is 2.21 bits per heavy atom. The molecule has 1 fully saturated rings. The maximum atomic E-state index is 12.7. The van der Waals surface area contributed by atoms with E-state index in [1.54, 1.807) is 0 Å². The molecule has 19 heavy (non-hydrogen) atoms. The smallest absolute Gasteiger partial charge is 0.385 e. The summed E-state index contributed by atoms with van der Waals surface area (Å²) in [7, 11) is 0. The molecule has 0 amide bonds. The van der Waals surface area contributed by atoms with Crippen LogP contribution in [-0.4, -0.2) is 12.2 Å². The predicted molar refractivity (Wildman–Crippen MR) is 72.7 cm³/mol. The highest BCUT2D eigenvalue weighted by Crippen LogP contribution is 2.33. The summed E-state index contributed by atoms with van der Waals surface area (Å²) in [5.74, 6) is 0.687. The average molecular weight is 275 g/mol. The van der Waals surface area contributed by atoms with Gasteiger partial charge in [0.15, 0.2) is 0 Å². The average Bonchev–Trinajstić information content (AvgIpc) is 2.68. The van der Waals surface area contributed by atoms with Gasteiger partial charge in [0.2, 0.25) is 0 Å². The summed E-state index contributed by atoms with van der Waals surface area (Å²) >= 11 is 0. The lowest BCUT2D eigenvalue weighted by molar-refractivity contribution is -0.0890. The van der Waals surface area contributed by atoms with Gasteiger partial charge in [-0.3, -0.25) is 0 Å². The summed E-state index contributed by atoms with van der Waals surface area (Å²) in [6.07, 6.45) is -1.15. The molecular formula is C15H24F3N. The Kier molecular flexibility index (Phi) is 5.11. The number of hydrogen-bond acceptors (Lipinski definition) is 1. The van der Waals surface area contributed by atoms with E-state index >= 15 is 0 Å². The van der Waals surface area contributed by atoms with Crippen LogP contribution in [0, 0.1) is 11.8 Å². The molecule has 0 aromatic carbocycles. The zero-order valence-electron chi connectivity index (χ0n) is 12.2. The van der Waals surface area contributed by atoms with Crippen molar-refractivity contribution in [3.8, 4) is 0 Å². The first kappa shape index (κ1) is 16.1. The van der Waals surface area contributed by atoms with Gasteiger partial charge in [0.1, 0.15) is 0 Å². The molecular weight excluding hydrogens is 251 g/mol. The summed E-state index contributed by atoms with van der Waals surface area (Å²) in [5, 5.41) is 3.32. The van der Waals surface area contributed by atoms with Crippen molar-refractivity contribution in [2.24, 2.45) is 11.8 Å². The SMILES string of the molecule is C=C(/C(C)=C(\NC1CCC(C)C1)C(C)C)C(F)(F)F. The second-order valence-electron chi connectivity index (χ2n) is 5.93. The van der Waals surface area contributed by atoms with E-state index in [1.807, 2.05) is 13.8 Å². The van der Waals surface area contributed by atoms with Gasteiger partial charge in [0, 0.05) is 11.7 Å². The molecule has 0 aliphatic heterocycles. The van der Waals surface area contributed by atoms with E-state index in [1.165, 1.54) is 6.92 Å². The highest BCUT2D eigenvalue weighted by Gasteiger charge is 2.34. The minimum absolute atomic E-state index is 0.0370. The van der Waals surface area contributed by atoms with Crippen molar-refractivity contribution < 1.29 is 13.2 Å². The molecule has 1 nitrogen and oxygen atoms in total. The molecule has 0 bridgehead atoms. The standard InChI is InChI=1S/C15H24F3N/c1-9(2)14(11(4)12(5)15(16,17)18)19-13-7-6-10(3)8-13/h9-10,13,19H,5-8H2,1-4H3/b14-11-. The zero-order chi connectivity index (χ0) is 14.8. The molecule has 0 radical (unpaired) electrons. The highest BCUT2D eigenvalue weighted by molar-refractivity contribution is 5.35. The lowest BCUT2D eigenvalue weighted by atomic mass is 9.98. The molecule has 1 N–H and O–H groups in total. The lowest BCUT2D eigenvalue weighted by Crippen LogP contribution is -2.30. The third kappa shape index (κ3) is 4.29. The quantitative estimate of drug-likeness (QED) is 0.726. The Bertz CT molecular complexity index is 366. The fourth-order valence-corrected chi connectivity index (χ4v) is 2.64. The molecule has 4 heteroatoms. The van der Waals surface area contributed by atoms with E-state index in [4.69, 9.17) is 0 Å². The third-order valence-corrected chi connectivity index (χ3v) is 3.83. The molecule has 0 aromatic rings. The predicted octanol–water partition coefficient (Wildman–Crippen LogP) is 4.81. The molecule has 2 unspecified atom stereocenters. The van der Waals surface area contributed by atoms with Crippen LogP contribution in [-0.2, 0) is 0 Å². The monoisotopic (exact) mass is 275 g/mol. The van der Waals surface area contributed by atoms with Gasteiger partial charge in [-0.15, -0.1) is 0 Å². The van der Waals surface area contributed by atoms with Gasteiger partial charge in [0.05, 0.1) is 5.57 Å². The summed E-state index contributed by atoms with van der Waals surface area (Å²) in [6, 6.07) is 0.295. The van der Waals surface area contributed by atoms with Crippen molar-refractivity contribution in [2.75, 3.05) is 0 Å². The Morgan fingerprint density at radius 1 is 1.26 bits per heavy atom. The number of alkyl halides is 3. The van der Waals surface area contributed by atoms with Gasteiger partial charge in [-0.2, -0.15) is 13.2 Å². The Morgan fingerprint density at radius 2 is 1.84 bits per heavy atom. The Hall–Kier alpha value is -0.930. The van der Waals surface area contributed by atoms with Crippen LogP contribution in [0.3, 0.4) is 0 Å². The van der Waals surface area contributed by atoms with Crippen molar-refractivity contribution >= 4 is 0 Å². The van der Waals surface area contributed by atoms with Crippen LogP contribution < -0.4 is 5.32 Å². The topological polar surface area (TPSA) is 12.0 Å². The van der Waals surface area contributed by atoms with E-state index in [2.05, 4.69) is 18.8 Å². The van der Waals surface area contributed by atoms with Crippen molar-refractivity contribution in [3.05, 3.63) is 23.4 Å². The molecule has 1 aliphatic rings. The van der Waals surface area contributed by atoms with E-state index in [-0.39, 0.29) is 11.5 Å². The summed E-state index contributed by atoms with van der Waals surface area (Å²) in [4.78, 5) is 0. The van der Waals surface area contributed by atoms with E-state index in [9.17, 15) is 13.2 Å². The molecule has 0 spiro atoms. The first-order chi connectivity index (χ1) is 8.62. The molecule has 1 aliphatic carbocycles. The van der Waals surface area contributed by atoms with Gasteiger partial charge < -0.3 is 5.32 Å². The highest BCUT2D eigenvalue weighted by atomic mass is 19.4. The van der Waals surface area contributed by atoms with Crippen molar-refractivity contribution in [2.45, 2.75) is 59.2 Å². The fraction of sp³-hybridized carbons (Fsp3) is 0.733. The van der Waals surface area contributed by atoms with Gasteiger partial charge >= 0.3 is 6.18 Å². The van der Waals surface area contributed by atoms with Crippen molar-refractivity contribution in [3.63, 3.8) is 0 Å². The molecule has 110 valence electrons. The number of rotatable bonds is 4. The minimum atomic E-state index is -4.35. The largest absolute Gasteiger partial charge is 0.416 e. The zero-order valence-corrected chi connectivity index (χ0v) is 12.2. The Labute approximate surface area is 114 Å². The van der Waals surface area contributed by atoms with Crippen LogP contribution in [0.15, 0.2) is 23.4 Å². The molecule has 1 saturated carbocycles. The van der Waals surface area contributed by atoms with Crippen molar-refractivity contribution in [1.82, 2.24) is 5.32 Å². The first-order valence-electron chi connectivity index (χ1n) is 6.86. The van der Waals surface area contributed by atoms with Gasteiger partial charge in [-0.1, -0.05) is 27.4 Å². The third-order valence-electron chi connectivity index (χ3n) is 3.83. The molecule has 0 aromatic heterocycles. The van der Waals surface area contributed by atoms with Crippen LogP contribution in [0.2, 0.25) is 0 Å². The fourth-order valence-electron chi connectivity index (χ4n) is 2.64. The maximum Gasteiger partial charge on any atom is 0.416 e. The van der Waals surface area contributed by atoms with E-state index < -0.39 is 11.7 Å². The van der Waals surface area contributed by atoms with Crippen LogP contribution >= 0.6 is 0 Å². The molecule has 1 rings (SSSR count). The van der Waals surface area contributed by atoms with Crippen LogP contribution in [0.5, 0.6) is 0 Å². The van der Waals surface area contributed by atoms with Gasteiger partial charge in [-0.05, 0) is 43.6 Å². The van der Waals surface area contributed by atoms with E-state index in [0.29, 0.717) is 17.7 Å². The van der Waals surface area contributed by atoms with Gasteiger partial charge in [0.25, 0.3) is 0 Å². The van der Waals surface area contributed by atoms with Crippen LogP contribution in [0.25, 0.3) is 0 Å². The van der Waals surface area contributed by atoms with Crippen molar-refractivity contribution in [1.29, 1.82) is 0 Å². The second-order valence-corrected chi connectivity index (χ2v) is 5.93. The van der Waals surface area contributed by atoms with Crippen LogP contribution in [0.1, 0.15) is 47.0 Å². The Balaban J connectivity index is 2.90. The molecule has 0 saturated heterocycles. The lowest BCUT2D eigenvalue weighted by Gasteiger charge is -2.24. The maximum absolute atomic E-state index is 12.7. The van der Waals surface area contributed by atoms with Gasteiger partial charge in [-0.25, -0.2) is 0 Å². The molecule has 2 atom stereocenters. The minimum Gasteiger partial charge on any atom is -0.385 e. The van der Waals surface area contributed by atoms with E-state index in [0.717, 1.165) is 19.3 Å². The molecule has 0 heterocycles. The second kappa shape index (κ2) is 6.02. The summed E-state index contributed by atoms with van der Waals surface area (Å²) < 4.78 is 38.2. The summed E-state index contributed by atoms with van der Waals surface area (Å²) in [5.41, 5.74) is 0.179. The first-order valence-corrected chi connectivity index (χ1v) is 6.86. The number of hydrogen-bond donors (Lipinski definition) is 1.